The van der Waals surface area contributed by atoms with Crippen molar-refractivity contribution >= 4 is 52.8 Å². The molecule has 0 bridgehead atoms. The molecule has 0 heterocycles. The molecule has 10 aromatic rings. The lowest BCUT2D eigenvalue weighted by atomic mass is 10.0. The molecule has 13 heteroatoms. The van der Waals surface area contributed by atoms with Crippen molar-refractivity contribution in [1.82, 2.24) is 0 Å². The third-order valence-electron chi connectivity index (χ3n) is 17.1. The maximum absolute atomic E-state index is 10.8. The summed E-state index contributed by atoms with van der Waals surface area (Å²) in [6.45, 7) is 4.74. The fourth-order valence-electron chi connectivity index (χ4n) is 12.5. The molecule has 94 heavy (non-hydrogen) atoms. The van der Waals surface area contributed by atoms with Crippen molar-refractivity contribution in [2.24, 2.45) is 0 Å². The average Bonchev–Trinajstić information content (AvgIpc) is 0.768. The smallest absolute Gasteiger partial charge is 0.128 e. The van der Waals surface area contributed by atoms with Gasteiger partial charge >= 0.3 is 0 Å². The molecule has 2 N–H and O–H groups in total. The predicted molar refractivity (Wildman–Crippen MR) is 384 cm³/mol. The van der Waals surface area contributed by atoms with E-state index in [-0.39, 0.29) is 28.5 Å². The number of phenolic OH excluding ortho intramolecular Hbond substituents is 2. The first-order chi connectivity index (χ1) is 45.5. The molecule has 0 atom stereocenters. The normalized spacial score (nSPS) is 10.9. The lowest BCUT2D eigenvalue weighted by Gasteiger charge is -2.27. The van der Waals surface area contributed by atoms with E-state index in [4.69, 9.17) is 38.3 Å². The van der Waals surface area contributed by atoms with Gasteiger partial charge in [0.25, 0.3) is 0 Å². The molecule has 0 aliphatic carbocycles. The molecule has 10 rings (SSSR count). The highest BCUT2D eigenvalue weighted by molar-refractivity contribution is 7.96. The van der Waals surface area contributed by atoms with Crippen LogP contribution in [0.4, 0.5) is 0 Å². The molecule has 0 fully saturated rings. The van der Waals surface area contributed by atoms with E-state index in [1.54, 1.807) is 40.6 Å². The second-order valence-electron chi connectivity index (χ2n) is 22.7. The fourth-order valence-corrected chi connectivity index (χ4v) is 21.4. The number of aryl methyl sites for hydroxylation is 4. The van der Waals surface area contributed by atoms with Crippen LogP contribution in [0.2, 0.25) is 0 Å². The molecule has 0 radical (unpaired) electrons. The first-order valence-corrected chi connectivity index (χ1v) is 36.0. The number of unbranched alkanes of at least 4 members (excludes halogenated alkanes) is 2. The summed E-state index contributed by atoms with van der Waals surface area (Å²) in [6, 6.07) is 85.6. The Balaban J connectivity index is 0.000000253. The van der Waals surface area contributed by atoms with Crippen LogP contribution in [0.5, 0.6) is 46.0 Å². The lowest BCUT2D eigenvalue weighted by Crippen LogP contribution is -3.00. The number of hydrogen-bond acceptors (Lipinski definition) is 10. The minimum Gasteiger partial charge on any atom is -1.00 e. The highest BCUT2D eigenvalue weighted by Crippen LogP contribution is 2.57. The molecular weight excluding hydrogens is 1270 g/mol. The summed E-state index contributed by atoms with van der Waals surface area (Å²) >= 11 is 0. The van der Waals surface area contributed by atoms with Gasteiger partial charge in [-0.1, -0.05) is 133 Å². The minimum absolute atomic E-state index is 0. The maximum Gasteiger partial charge on any atom is 0.128 e. The van der Waals surface area contributed by atoms with Crippen molar-refractivity contribution in [3.05, 3.63) is 276 Å². The Morgan fingerprint density at radius 2 is 0.628 bits per heavy atom. The van der Waals surface area contributed by atoms with Gasteiger partial charge in [0.1, 0.15) is 92.3 Å². The third-order valence-corrected chi connectivity index (χ3v) is 26.2. The van der Waals surface area contributed by atoms with Gasteiger partial charge in [-0.3, -0.25) is 0 Å². The number of hydrogen-bond donors (Lipinski definition) is 2. The van der Waals surface area contributed by atoms with E-state index < -0.39 is 21.0 Å². The Labute approximate surface area is 569 Å². The molecular formula is C81H89BrO10P2. The molecule has 0 unspecified atom stereocenters. The highest BCUT2D eigenvalue weighted by atomic mass is 79.9. The van der Waals surface area contributed by atoms with Crippen LogP contribution in [-0.2, 0) is 30.5 Å². The average molecular weight is 1360 g/mol. The maximum atomic E-state index is 10.8. The molecule has 0 aliphatic heterocycles. The summed E-state index contributed by atoms with van der Waals surface area (Å²) in [5, 5.41) is 38.2. The first kappa shape index (κ1) is 72.8. The van der Waals surface area contributed by atoms with Crippen molar-refractivity contribution in [3.8, 4) is 46.0 Å². The molecule has 0 amide bonds. The zero-order valence-corrected chi connectivity index (χ0v) is 58.4. The van der Waals surface area contributed by atoms with Crippen molar-refractivity contribution in [1.29, 1.82) is 0 Å². The highest BCUT2D eigenvalue weighted by Gasteiger charge is 2.46. The van der Waals surface area contributed by atoms with Gasteiger partial charge in [-0.2, -0.15) is 0 Å². The number of carbonyl (C=O) groups is 1. The summed E-state index contributed by atoms with van der Waals surface area (Å²) in [6.07, 6.45) is 11.1. The number of methoxy groups -OCH3 is 4. The van der Waals surface area contributed by atoms with E-state index in [1.807, 2.05) is 50.2 Å². The molecule has 0 saturated heterocycles. The number of carboxylic acid groups (broad SMARTS) is 1. The van der Waals surface area contributed by atoms with Gasteiger partial charge in [0.2, 0.25) is 0 Å². The Bertz CT molecular complexity index is 3400. The standard InChI is InChI=1S/2C40H43O4P.CH2O2.BrH/c2*1-31-39(42-2)27-25-33(40(31)43-3)17-15-16-32-24-26-34(30-38(32)41)44-28-13-14-29-45(35-18-7-4-8-19-35,36-20-9-5-10-21-36)37-22-11-6-12-23-37;2-1-3;/h2*4-12,18-27,30H,13-17,28-29H2,1-3H3;1H,(H,2,3);1H. The summed E-state index contributed by atoms with van der Waals surface area (Å²) in [4.78, 5) is 8.25. The SMILES string of the molecule is COc1ccc(CCCc2ccc(OCCCC[P+](c3ccccc3)(c3ccccc3)c3ccccc3)cc2O)c(OC)c1C.COc1ccc(CCCc2ccc(OCCCC[P+](c3ccccc3)(c3ccccc3)c3ccccc3)cc2O)c(OC)c1C.O=C[O-].[Br-]. The second kappa shape index (κ2) is 37.9. The van der Waals surface area contributed by atoms with E-state index in [0.29, 0.717) is 24.7 Å². The van der Waals surface area contributed by atoms with Gasteiger partial charge in [0, 0.05) is 29.7 Å². The quantitative estimate of drug-likeness (QED) is 0.0254. The van der Waals surface area contributed by atoms with Crippen LogP contribution in [0, 0.1) is 13.8 Å². The van der Waals surface area contributed by atoms with Gasteiger partial charge in [-0.15, -0.1) is 0 Å². The topological polar surface area (TPSA) is 136 Å². The predicted octanol–water partition coefficient (Wildman–Crippen LogP) is 11.5. The summed E-state index contributed by atoms with van der Waals surface area (Å²) in [7, 11) is 3.07. The molecule has 0 aliphatic rings. The number of phenols is 2. The van der Waals surface area contributed by atoms with E-state index in [0.717, 1.165) is 133 Å². The van der Waals surface area contributed by atoms with Crippen LogP contribution in [0.15, 0.2) is 243 Å². The van der Waals surface area contributed by atoms with Crippen molar-refractivity contribution in [2.45, 2.75) is 78.1 Å². The molecule has 0 aromatic heterocycles. The van der Waals surface area contributed by atoms with Crippen molar-refractivity contribution in [3.63, 3.8) is 0 Å². The van der Waals surface area contributed by atoms with E-state index >= 15 is 0 Å². The Kier molecular flexibility index (Phi) is 29.4. The Morgan fingerprint density at radius 3 is 0.883 bits per heavy atom. The van der Waals surface area contributed by atoms with Crippen LogP contribution in [0.3, 0.4) is 0 Å². The molecule has 490 valence electrons. The number of halogens is 1. The zero-order chi connectivity index (χ0) is 65.7. The van der Waals surface area contributed by atoms with Gasteiger partial charge in [-0.05, 0) is 197 Å². The Morgan fingerprint density at radius 1 is 0.362 bits per heavy atom. The van der Waals surface area contributed by atoms with Crippen molar-refractivity contribution < 1.29 is 65.5 Å². The number of ether oxygens (including phenoxy) is 6. The van der Waals surface area contributed by atoms with E-state index in [1.165, 1.54) is 31.8 Å². The monoisotopic (exact) mass is 1360 g/mol. The van der Waals surface area contributed by atoms with Gasteiger partial charge < -0.3 is 65.5 Å². The van der Waals surface area contributed by atoms with Crippen LogP contribution in [-0.4, -0.2) is 70.7 Å². The van der Waals surface area contributed by atoms with E-state index in [9.17, 15) is 10.2 Å². The number of aromatic hydroxyl groups is 2. The second-order valence-corrected chi connectivity index (χ2v) is 30.0. The van der Waals surface area contributed by atoms with Gasteiger partial charge in [0.05, 0.1) is 54.0 Å². The molecule has 10 nitrogen and oxygen atoms in total. The fraction of sp³-hybridized carbons (Fsp3) is 0.247. The number of rotatable bonds is 30. The molecule has 0 saturated carbocycles. The van der Waals surface area contributed by atoms with Gasteiger partial charge in [-0.25, -0.2) is 0 Å². The van der Waals surface area contributed by atoms with Crippen molar-refractivity contribution in [2.75, 3.05) is 54.0 Å². The van der Waals surface area contributed by atoms with E-state index in [2.05, 4.69) is 194 Å². The summed E-state index contributed by atoms with van der Waals surface area (Å²) in [5.41, 5.74) is 6.16. The lowest BCUT2D eigenvalue weighted by molar-refractivity contribution is -0.283. The number of benzene rings is 10. The summed E-state index contributed by atoms with van der Waals surface area (Å²) in [5.74, 6) is 5.38. The van der Waals surface area contributed by atoms with Crippen LogP contribution < -0.4 is 82.3 Å². The minimum atomic E-state index is -1.84. The summed E-state index contributed by atoms with van der Waals surface area (Å²) < 4.78 is 34.4. The van der Waals surface area contributed by atoms with Crippen LogP contribution in [0.1, 0.15) is 71.9 Å². The zero-order valence-electron chi connectivity index (χ0n) is 55.0. The third kappa shape index (κ3) is 18.8. The largest absolute Gasteiger partial charge is 1.00 e. The molecule has 10 aromatic carbocycles. The van der Waals surface area contributed by atoms with Gasteiger partial charge in [0.15, 0.2) is 0 Å². The number of carbonyl (C=O) groups excluding carboxylic acids is 1. The Hall–Kier alpha value is -8.59. The molecule has 0 spiro atoms. The van der Waals surface area contributed by atoms with Crippen LogP contribution >= 0.6 is 14.5 Å². The van der Waals surface area contributed by atoms with Crippen LogP contribution in [0.25, 0.3) is 0 Å². The first-order valence-electron chi connectivity index (χ1n) is 32.0.